The number of para-hydroxylation sites is 1. The summed E-state index contributed by atoms with van der Waals surface area (Å²) in [7, 11) is -0.787. The first-order valence-electron chi connectivity index (χ1n) is 5.99. The number of hydrogen-bond donors (Lipinski definition) is 1. The molecule has 1 aromatic carbocycles. The van der Waals surface area contributed by atoms with Crippen molar-refractivity contribution in [2.45, 2.75) is 19.9 Å². The number of rotatable bonds is 4. The van der Waals surface area contributed by atoms with Crippen LogP contribution in [-0.4, -0.2) is 27.2 Å². The van der Waals surface area contributed by atoms with E-state index in [1.54, 1.807) is 6.26 Å². The van der Waals surface area contributed by atoms with E-state index in [1.165, 1.54) is 0 Å². The van der Waals surface area contributed by atoms with E-state index in [2.05, 4.69) is 16.4 Å². The van der Waals surface area contributed by atoms with Crippen molar-refractivity contribution in [2.24, 2.45) is 0 Å². The average Bonchev–Trinajstić information content (AvgIpc) is 2.27. The molecule has 0 spiro atoms. The minimum atomic E-state index is -0.787. The molecule has 0 radical (unpaired) electrons. The fourth-order valence-electron chi connectivity index (χ4n) is 2.09. The first-order valence-corrected chi connectivity index (χ1v) is 7.72. The molecule has 2 rings (SSSR count). The highest BCUT2D eigenvalue weighted by atomic mass is 32.2. The summed E-state index contributed by atoms with van der Waals surface area (Å²) < 4.78 is 11.2. The lowest BCUT2D eigenvalue weighted by molar-refractivity contribution is 0.683. The fourth-order valence-corrected chi connectivity index (χ4v) is 2.87. The Morgan fingerprint density at radius 1 is 1.39 bits per heavy atom. The van der Waals surface area contributed by atoms with Crippen LogP contribution in [-0.2, 0) is 10.8 Å². The summed E-state index contributed by atoms with van der Waals surface area (Å²) in [6.45, 7) is 4.03. The highest BCUT2D eigenvalue weighted by Crippen LogP contribution is 2.23. The van der Waals surface area contributed by atoms with E-state index in [1.807, 2.05) is 38.1 Å². The van der Waals surface area contributed by atoms with Gasteiger partial charge < -0.3 is 5.32 Å². The fraction of sp³-hybridized carbons (Fsp3) is 0.357. The maximum Gasteiger partial charge on any atom is 0.0725 e. The van der Waals surface area contributed by atoms with Crippen molar-refractivity contribution >= 4 is 27.4 Å². The lowest BCUT2D eigenvalue weighted by atomic mass is 10.1. The molecule has 0 aliphatic carbocycles. The second kappa shape index (κ2) is 5.48. The predicted molar refractivity (Wildman–Crippen MR) is 78.5 cm³/mol. The highest BCUT2D eigenvalue weighted by Gasteiger charge is 2.08. The Morgan fingerprint density at radius 2 is 2.11 bits per heavy atom. The third kappa shape index (κ3) is 3.07. The zero-order valence-corrected chi connectivity index (χ0v) is 11.8. The van der Waals surface area contributed by atoms with Crippen molar-refractivity contribution in [3.63, 3.8) is 0 Å². The Hall–Kier alpha value is -1.42. The maximum atomic E-state index is 11.2. The topological polar surface area (TPSA) is 42.0 Å². The van der Waals surface area contributed by atoms with Gasteiger partial charge in [0.1, 0.15) is 0 Å². The Kier molecular flexibility index (Phi) is 3.97. The van der Waals surface area contributed by atoms with E-state index in [0.717, 1.165) is 22.3 Å². The molecule has 96 valence electrons. The zero-order chi connectivity index (χ0) is 13.1. The molecule has 1 N–H and O–H groups in total. The van der Waals surface area contributed by atoms with E-state index in [-0.39, 0.29) is 6.04 Å². The van der Waals surface area contributed by atoms with Crippen LogP contribution in [0.1, 0.15) is 12.6 Å². The largest absolute Gasteiger partial charge is 0.381 e. The van der Waals surface area contributed by atoms with Crippen LogP contribution in [0, 0.1) is 6.92 Å². The molecule has 2 atom stereocenters. The number of fused-ring (bicyclic) bond motifs is 1. The van der Waals surface area contributed by atoms with Crippen molar-refractivity contribution in [1.29, 1.82) is 0 Å². The van der Waals surface area contributed by atoms with Crippen molar-refractivity contribution in [3.05, 3.63) is 36.0 Å². The molecule has 3 nitrogen and oxygen atoms in total. The summed E-state index contributed by atoms with van der Waals surface area (Å²) in [5.41, 5.74) is 3.04. The Morgan fingerprint density at radius 3 is 2.83 bits per heavy atom. The summed E-state index contributed by atoms with van der Waals surface area (Å²) >= 11 is 0. The van der Waals surface area contributed by atoms with Gasteiger partial charge in [0.2, 0.25) is 0 Å². The van der Waals surface area contributed by atoms with Crippen LogP contribution in [0.4, 0.5) is 5.69 Å². The third-order valence-corrected chi connectivity index (χ3v) is 3.70. The minimum Gasteiger partial charge on any atom is -0.381 e. The summed E-state index contributed by atoms with van der Waals surface area (Å²) in [6, 6.07) is 10.3. The summed E-state index contributed by atoms with van der Waals surface area (Å²) in [6.07, 6.45) is 1.73. The molecule has 18 heavy (non-hydrogen) atoms. The number of pyridine rings is 1. The Bertz CT molecular complexity index is 583. The van der Waals surface area contributed by atoms with Gasteiger partial charge in [-0.3, -0.25) is 9.19 Å². The van der Waals surface area contributed by atoms with Crippen LogP contribution in [0.25, 0.3) is 10.9 Å². The Labute approximate surface area is 110 Å². The van der Waals surface area contributed by atoms with Gasteiger partial charge in [-0.15, -0.1) is 0 Å². The first kappa shape index (κ1) is 13.0. The molecule has 1 heterocycles. The van der Waals surface area contributed by atoms with E-state index in [9.17, 15) is 4.21 Å². The van der Waals surface area contributed by atoms with Gasteiger partial charge in [-0.05, 0) is 26.0 Å². The zero-order valence-electron chi connectivity index (χ0n) is 10.9. The van der Waals surface area contributed by atoms with Gasteiger partial charge >= 0.3 is 0 Å². The summed E-state index contributed by atoms with van der Waals surface area (Å²) in [5, 5.41) is 4.53. The van der Waals surface area contributed by atoms with Gasteiger partial charge in [-0.1, -0.05) is 18.2 Å². The summed E-state index contributed by atoms with van der Waals surface area (Å²) in [5.74, 6) is 0.649. The number of hydrogen-bond acceptors (Lipinski definition) is 3. The molecule has 0 aliphatic heterocycles. The van der Waals surface area contributed by atoms with Crippen LogP contribution in [0.3, 0.4) is 0 Å². The minimum absolute atomic E-state index is 0.182. The van der Waals surface area contributed by atoms with Gasteiger partial charge in [0.05, 0.1) is 5.52 Å². The van der Waals surface area contributed by atoms with Crippen LogP contribution < -0.4 is 5.32 Å². The molecule has 0 bridgehead atoms. The maximum absolute atomic E-state index is 11.2. The third-order valence-electron chi connectivity index (χ3n) is 2.73. The summed E-state index contributed by atoms with van der Waals surface area (Å²) in [4.78, 5) is 4.50. The highest BCUT2D eigenvalue weighted by molar-refractivity contribution is 7.84. The SMILES string of the molecule is Cc1cc(NC(C)CS(C)=O)c2ccccc2n1. The van der Waals surface area contributed by atoms with Crippen LogP contribution in [0.2, 0.25) is 0 Å². The predicted octanol–water partition coefficient (Wildman–Crippen LogP) is 2.72. The first-order chi connectivity index (χ1) is 8.56. The molecular weight excluding hydrogens is 244 g/mol. The van der Waals surface area contributed by atoms with Gasteiger partial charge in [0.15, 0.2) is 0 Å². The second-order valence-corrected chi connectivity index (χ2v) is 6.09. The molecule has 0 aliphatic rings. The van der Waals surface area contributed by atoms with Gasteiger partial charge in [0.25, 0.3) is 0 Å². The molecule has 0 amide bonds. The van der Waals surface area contributed by atoms with Gasteiger partial charge in [0, 0.05) is 45.6 Å². The number of nitrogens with one attached hydrogen (secondary N) is 1. The smallest absolute Gasteiger partial charge is 0.0725 e. The molecule has 0 saturated heterocycles. The number of benzene rings is 1. The average molecular weight is 262 g/mol. The van der Waals surface area contributed by atoms with Crippen molar-refractivity contribution < 1.29 is 4.21 Å². The van der Waals surface area contributed by atoms with Crippen molar-refractivity contribution in [2.75, 3.05) is 17.3 Å². The molecule has 0 saturated carbocycles. The molecule has 2 aromatic rings. The van der Waals surface area contributed by atoms with Crippen LogP contribution >= 0.6 is 0 Å². The molecule has 0 fully saturated rings. The number of aromatic nitrogens is 1. The van der Waals surface area contributed by atoms with E-state index in [0.29, 0.717) is 5.75 Å². The normalized spacial score (nSPS) is 14.4. The lowest BCUT2D eigenvalue weighted by Gasteiger charge is -2.16. The molecule has 1 aromatic heterocycles. The molecule has 4 heteroatoms. The van der Waals surface area contributed by atoms with E-state index in [4.69, 9.17) is 0 Å². The molecule has 2 unspecified atom stereocenters. The van der Waals surface area contributed by atoms with E-state index < -0.39 is 10.8 Å². The van der Waals surface area contributed by atoms with Gasteiger partial charge in [-0.25, -0.2) is 0 Å². The number of anilines is 1. The number of aryl methyl sites for hydroxylation is 1. The monoisotopic (exact) mass is 262 g/mol. The van der Waals surface area contributed by atoms with E-state index >= 15 is 0 Å². The quantitative estimate of drug-likeness (QED) is 0.921. The lowest BCUT2D eigenvalue weighted by Crippen LogP contribution is -2.22. The molecular formula is C14H18N2OS. The van der Waals surface area contributed by atoms with Crippen LogP contribution in [0.15, 0.2) is 30.3 Å². The standard InChI is InChI=1S/C14H18N2OS/c1-10-8-14(16-11(2)9-18(3)17)12-6-4-5-7-13(12)15-10/h4-8,11H,9H2,1-3H3,(H,15,16). The van der Waals surface area contributed by atoms with Crippen molar-refractivity contribution in [3.8, 4) is 0 Å². The van der Waals surface area contributed by atoms with Crippen molar-refractivity contribution in [1.82, 2.24) is 4.98 Å². The Balaban J connectivity index is 2.35. The second-order valence-electron chi connectivity index (χ2n) is 4.61. The van der Waals surface area contributed by atoms with Gasteiger partial charge in [-0.2, -0.15) is 0 Å². The number of nitrogens with zero attached hydrogens (tertiary/aromatic N) is 1. The van der Waals surface area contributed by atoms with Crippen LogP contribution in [0.5, 0.6) is 0 Å².